The third-order valence-electron chi connectivity index (χ3n) is 5.54. The Kier molecular flexibility index (Phi) is 4.99. The Hall–Kier alpha value is -3.14. The maximum absolute atomic E-state index is 12.4. The Labute approximate surface area is 173 Å². The van der Waals surface area contributed by atoms with Gasteiger partial charge in [-0.25, -0.2) is 0 Å². The molecule has 0 atom stereocenters. The number of amides is 1. The number of likely N-dealkylation sites (N-methyl/N-ethyl adjacent to an activating group) is 1. The van der Waals surface area contributed by atoms with Gasteiger partial charge in [0.25, 0.3) is 11.8 Å². The number of fused-ring (bicyclic) bond motifs is 1. The normalized spacial score (nSPS) is 15.8. The minimum Gasteiger partial charge on any atom is -0.376 e. The van der Waals surface area contributed by atoms with Crippen molar-refractivity contribution in [3.63, 3.8) is 0 Å². The van der Waals surface area contributed by atoms with Gasteiger partial charge in [0.2, 0.25) is 0 Å². The van der Waals surface area contributed by atoms with Crippen molar-refractivity contribution in [2.75, 3.05) is 20.2 Å². The van der Waals surface area contributed by atoms with Crippen LogP contribution in [0.15, 0.2) is 23.0 Å². The van der Waals surface area contributed by atoms with E-state index in [4.69, 9.17) is 14.4 Å². The minimum atomic E-state index is -0.126. The van der Waals surface area contributed by atoms with Crippen LogP contribution in [0, 0.1) is 5.92 Å². The monoisotopic (exact) mass is 409 g/mol. The standard InChI is InChI=1S/C20H23N7O3/c1-26(20(28)14-4-7-21-22-10-14)8-5-17-23-19(30-25-17)18-15-12-29-9-6-16(15)27(24-18)11-13-2-3-13/h4,7,10,13H,2-3,5-6,8-9,11-12H2,1H3. The fraction of sp³-hybridized carbons (Fsp3) is 0.500. The number of nitrogens with zero attached hydrogens (tertiary/aromatic N) is 7. The molecule has 1 saturated carbocycles. The van der Waals surface area contributed by atoms with E-state index in [1.165, 1.54) is 30.9 Å². The average molecular weight is 409 g/mol. The Morgan fingerprint density at radius 2 is 2.23 bits per heavy atom. The van der Waals surface area contributed by atoms with Crippen molar-refractivity contribution in [1.29, 1.82) is 0 Å². The molecule has 1 aliphatic heterocycles. The predicted molar refractivity (Wildman–Crippen MR) is 104 cm³/mol. The first-order valence-corrected chi connectivity index (χ1v) is 10.2. The van der Waals surface area contributed by atoms with E-state index in [1.54, 1.807) is 18.0 Å². The molecule has 1 amide bonds. The summed E-state index contributed by atoms with van der Waals surface area (Å²) in [6, 6.07) is 1.64. The van der Waals surface area contributed by atoms with Gasteiger partial charge in [-0.2, -0.15) is 20.3 Å². The second-order valence-corrected chi connectivity index (χ2v) is 7.83. The van der Waals surface area contributed by atoms with Crippen molar-refractivity contribution in [2.45, 2.75) is 38.8 Å². The maximum atomic E-state index is 12.4. The van der Waals surface area contributed by atoms with Gasteiger partial charge in [0.05, 0.1) is 31.2 Å². The molecule has 1 aliphatic carbocycles. The molecule has 0 N–H and O–H groups in total. The van der Waals surface area contributed by atoms with Crippen molar-refractivity contribution in [3.8, 4) is 11.6 Å². The van der Waals surface area contributed by atoms with E-state index >= 15 is 0 Å². The van der Waals surface area contributed by atoms with E-state index in [-0.39, 0.29) is 5.91 Å². The van der Waals surface area contributed by atoms with E-state index in [1.807, 2.05) is 0 Å². The van der Waals surface area contributed by atoms with Crippen LogP contribution in [0.2, 0.25) is 0 Å². The fourth-order valence-electron chi connectivity index (χ4n) is 3.63. The van der Waals surface area contributed by atoms with Crippen molar-refractivity contribution in [2.24, 2.45) is 5.92 Å². The first kappa shape index (κ1) is 18.9. The first-order chi connectivity index (χ1) is 14.7. The summed E-state index contributed by atoms with van der Waals surface area (Å²) in [6.07, 6.45) is 6.83. The molecule has 4 heterocycles. The quantitative estimate of drug-likeness (QED) is 0.577. The van der Waals surface area contributed by atoms with Gasteiger partial charge >= 0.3 is 0 Å². The molecule has 1 fully saturated rings. The second kappa shape index (κ2) is 7.94. The lowest BCUT2D eigenvalue weighted by molar-refractivity contribution is 0.0795. The molecule has 10 heteroatoms. The second-order valence-electron chi connectivity index (χ2n) is 7.83. The van der Waals surface area contributed by atoms with Crippen LogP contribution in [0.25, 0.3) is 11.6 Å². The van der Waals surface area contributed by atoms with Gasteiger partial charge in [-0.05, 0) is 24.8 Å². The Bertz CT molecular complexity index is 1040. The van der Waals surface area contributed by atoms with Gasteiger partial charge in [-0.15, -0.1) is 0 Å². The molecule has 0 bridgehead atoms. The summed E-state index contributed by atoms with van der Waals surface area (Å²) in [5.74, 6) is 1.55. The number of hydrogen-bond donors (Lipinski definition) is 0. The van der Waals surface area contributed by atoms with Gasteiger partial charge in [0.15, 0.2) is 11.5 Å². The Morgan fingerprint density at radius 3 is 3.03 bits per heavy atom. The lowest BCUT2D eigenvalue weighted by Gasteiger charge is -2.15. The van der Waals surface area contributed by atoms with E-state index in [9.17, 15) is 4.79 Å². The zero-order valence-electron chi connectivity index (χ0n) is 16.8. The molecule has 5 rings (SSSR count). The van der Waals surface area contributed by atoms with Crippen molar-refractivity contribution >= 4 is 5.91 Å². The summed E-state index contributed by atoms with van der Waals surface area (Å²) >= 11 is 0. The Balaban J connectivity index is 1.29. The average Bonchev–Trinajstić information content (AvgIpc) is 3.36. The van der Waals surface area contributed by atoms with E-state index < -0.39 is 0 Å². The predicted octanol–water partition coefficient (Wildman–Crippen LogP) is 1.52. The third-order valence-corrected chi connectivity index (χ3v) is 5.54. The van der Waals surface area contributed by atoms with E-state index in [2.05, 4.69) is 25.0 Å². The van der Waals surface area contributed by atoms with Gasteiger partial charge in [-0.1, -0.05) is 5.16 Å². The molecule has 0 spiro atoms. The highest BCUT2D eigenvalue weighted by atomic mass is 16.5. The summed E-state index contributed by atoms with van der Waals surface area (Å²) in [6.45, 7) is 2.63. The van der Waals surface area contributed by atoms with Crippen molar-refractivity contribution in [1.82, 2.24) is 35.0 Å². The number of rotatable bonds is 7. The van der Waals surface area contributed by atoms with Crippen LogP contribution in [0.3, 0.4) is 0 Å². The van der Waals surface area contributed by atoms with Crippen LogP contribution in [0.5, 0.6) is 0 Å². The number of hydrogen-bond acceptors (Lipinski definition) is 8. The minimum absolute atomic E-state index is 0.126. The molecular formula is C20H23N7O3. The Morgan fingerprint density at radius 1 is 1.33 bits per heavy atom. The molecule has 3 aromatic heterocycles. The molecule has 3 aromatic rings. The highest BCUT2D eigenvalue weighted by Gasteiger charge is 2.29. The van der Waals surface area contributed by atoms with Crippen LogP contribution in [0.1, 0.15) is 40.3 Å². The molecule has 0 unspecified atom stereocenters. The molecule has 156 valence electrons. The smallest absolute Gasteiger partial charge is 0.278 e. The zero-order valence-corrected chi connectivity index (χ0v) is 16.8. The van der Waals surface area contributed by atoms with Crippen LogP contribution < -0.4 is 0 Å². The number of ether oxygens (including phenoxy) is 1. The summed E-state index contributed by atoms with van der Waals surface area (Å²) < 4.78 is 13.3. The highest BCUT2D eigenvalue weighted by Crippen LogP contribution is 2.34. The molecule has 0 saturated heterocycles. The summed E-state index contributed by atoms with van der Waals surface area (Å²) in [5.41, 5.74) is 3.49. The van der Waals surface area contributed by atoms with Crippen LogP contribution in [-0.2, 0) is 30.7 Å². The largest absolute Gasteiger partial charge is 0.376 e. The number of carbonyl (C=O) groups is 1. The number of carbonyl (C=O) groups excluding carboxylic acids is 1. The molecule has 10 nitrogen and oxygen atoms in total. The van der Waals surface area contributed by atoms with Gasteiger partial charge < -0.3 is 14.2 Å². The maximum Gasteiger partial charge on any atom is 0.278 e. The van der Waals surface area contributed by atoms with Crippen LogP contribution >= 0.6 is 0 Å². The SMILES string of the molecule is CN(CCc1noc(-c2nn(CC3CC3)c3c2COCC3)n1)C(=O)c1ccnnc1. The third kappa shape index (κ3) is 3.82. The van der Waals surface area contributed by atoms with Gasteiger partial charge in [0.1, 0.15) is 0 Å². The lowest BCUT2D eigenvalue weighted by atomic mass is 10.1. The highest BCUT2D eigenvalue weighted by molar-refractivity contribution is 5.93. The molecule has 0 aromatic carbocycles. The summed E-state index contributed by atoms with van der Waals surface area (Å²) in [7, 11) is 1.73. The molecular weight excluding hydrogens is 386 g/mol. The van der Waals surface area contributed by atoms with E-state index in [0.29, 0.717) is 43.5 Å². The van der Waals surface area contributed by atoms with Crippen molar-refractivity contribution in [3.05, 3.63) is 41.1 Å². The molecule has 0 radical (unpaired) electrons. The zero-order chi connectivity index (χ0) is 20.5. The van der Waals surface area contributed by atoms with E-state index in [0.717, 1.165) is 30.1 Å². The van der Waals surface area contributed by atoms with Crippen LogP contribution in [0.4, 0.5) is 0 Å². The fourth-order valence-corrected chi connectivity index (χ4v) is 3.63. The van der Waals surface area contributed by atoms with Gasteiger partial charge in [0, 0.05) is 44.2 Å². The topological polar surface area (TPSA) is 112 Å². The molecule has 30 heavy (non-hydrogen) atoms. The van der Waals surface area contributed by atoms with Crippen LogP contribution in [-0.4, -0.2) is 61.1 Å². The number of aromatic nitrogens is 6. The molecule has 2 aliphatic rings. The summed E-state index contributed by atoms with van der Waals surface area (Å²) in [5, 5.41) is 16.3. The van der Waals surface area contributed by atoms with Crippen molar-refractivity contribution < 1.29 is 14.1 Å². The van der Waals surface area contributed by atoms with Gasteiger partial charge in [-0.3, -0.25) is 9.48 Å². The lowest BCUT2D eigenvalue weighted by Crippen LogP contribution is -2.29. The summed E-state index contributed by atoms with van der Waals surface area (Å²) in [4.78, 5) is 18.6. The first-order valence-electron chi connectivity index (χ1n) is 10.2.